The first-order valence-electron chi connectivity index (χ1n) is 8.25. The molecule has 2 N–H and O–H groups in total. The minimum atomic E-state index is 0.337. The van der Waals surface area contributed by atoms with Gasteiger partial charge >= 0.3 is 0 Å². The number of rotatable bonds is 6. The fourth-order valence-corrected chi connectivity index (χ4v) is 2.96. The summed E-state index contributed by atoms with van der Waals surface area (Å²) in [6.45, 7) is 6.01. The Morgan fingerprint density at radius 2 is 2.26 bits per heavy atom. The molecule has 1 saturated heterocycles. The lowest BCUT2D eigenvalue weighted by molar-refractivity contribution is 0.607. The average molecular weight is 353 g/mol. The topological polar surface area (TPSA) is 39.7 Å². The van der Waals surface area contributed by atoms with E-state index in [9.17, 15) is 0 Å². The molecule has 126 valence electrons. The first-order valence-corrected chi connectivity index (χ1v) is 9.04. The molecule has 6 heteroatoms. The van der Waals surface area contributed by atoms with E-state index < -0.39 is 0 Å². The highest BCUT2D eigenvalue weighted by molar-refractivity contribution is 7.80. The predicted molar refractivity (Wildman–Crippen MR) is 103 cm³/mol. The van der Waals surface area contributed by atoms with E-state index in [1.165, 1.54) is 19.3 Å². The Bertz CT molecular complexity index is 561. The highest BCUT2D eigenvalue weighted by atomic mass is 35.5. The number of unbranched alkanes of at least 4 members (excludes halogenated alkanes) is 3. The van der Waals surface area contributed by atoms with E-state index >= 15 is 0 Å². The summed E-state index contributed by atoms with van der Waals surface area (Å²) >= 11 is 11.6. The molecule has 2 rings (SSSR count). The van der Waals surface area contributed by atoms with Crippen molar-refractivity contribution in [2.24, 2.45) is 4.99 Å². The van der Waals surface area contributed by atoms with Crippen molar-refractivity contribution in [3.8, 4) is 0 Å². The third-order valence-corrected chi connectivity index (χ3v) is 4.24. The highest BCUT2D eigenvalue weighted by Gasteiger charge is 2.26. The average Bonchev–Trinajstić information content (AvgIpc) is 2.88. The van der Waals surface area contributed by atoms with Gasteiger partial charge in [0.2, 0.25) is 5.96 Å². The van der Waals surface area contributed by atoms with E-state index in [2.05, 4.69) is 29.5 Å². The molecule has 0 aliphatic carbocycles. The van der Waals surface area contributed by atoms with Crippen LogP contribution in [0.15, 0.2) is 29.3 Å². The Morgan fingerprint density at radius 3 is 3.00 bits per heavy atom. The van der Waals surface area contributed by atoms with E-state index in [1.54, 1.807) is 0 Å². The van der Waals surface area contributed by atoms with Crippen LogP contribution < -0.4 is 10.6 Å². The van der Waals surface area contributed by atoms with Crippen LogP contribution >= 0.6 is 23.8 Å². The Kier molecular flexibility index (Phi) is 7.12. The molecule has 4 nitrogen and oxygen atoms in total. The Morgan fingerprint density at radius 1 is 1.43 bits per heavy atom. The lowest BCUT2D eigenvalue weighted by Gasteiger charge is -2.20. The summed E-state index contributed by atoms with van der Waals surface area (Å²) < 4.78 is 0. The molecule has 0 bridgehead atoms. The lowest BCUT2D eigenvalue weighted by Crippen LogP contribution is -2.38. The zero-order valence-electron chi connectivity index (χ0n) is 13.8. The lowest BCUT2D eigenvalue weighted by atomic mass is 10.2. The monoisotopic (exact) mass is 352 g/mol. The number of hydrogen-bond donors (Lipinski definition) is 2. The van der Waals surface area contributed by atoms with Gasteiger partial charge in [0.25, 0.3) is 0 Å². The third-order valence-electron chi connectivity index (χ3n) is 3.68. The van der Waals surface area contributed by atoms with Crippen LogP contribution in [0.4, 0.5) is 5.69 Å². The maximum absolute atomic E-state index is 6.02. The van der Waals surface area contributed by atoms with Gasteiger partial charge in [-0.25, -0.2) is 0 Å². The molecule has 0 amide bonds. The van der Waals surface area contributed by atoms with E-state index in [1.807, 2.05) is 29.2 Å². The van der Waals surface area contributed by atoms with Crippen molar-refractivity contribution in [3.63, 3.8) is 0 Å². The van der Waals surface area contributed by atoms with Crippen LogP contribution in [0.1, 0.15) is 39.5 Å². The molecular formula is C17H25ClN4S. The molecule has 1 fully saturated rings. The molecule has 1 unspecified atom stereocenters. The molecule has 1 aromatic carbocycles. The van der Waals surface area contributed by atoms with Gasteiger partial charge in [0.15, 0.2) is 5.11 Å². The largest absolute Gasteiger partial charge is 0.352 e. The molecule has 0 saturated carbocycles. The fraction of sp³-hybridized carbons (Fsp3) is 0.529. The smallest absolute Gasteiger partial charge is 0.200 e. The van der Waals surface area contributed by atoms with Crippen molar-refractivity contribution in [1.82, 2.24) is 10.2 Å². The van der Waals surface area contributed by atoms with Crippen LogP contribution in [-0.2, 0) is 0 Å². The number of guanidine groups is 1. The number of thiocarbonyl (C=S) groups is 1. The Labute approximate surface area is 149 Å². The SMILES string of the molecule is CCCCCCN=C1NC(C)CN1C(=S)Nc1cccc(Cl)c1. The van der Waals surface area contributed by atoms with Crippen LogP contribution in [0.5, 0.6) is 0 Å². The van der Waals surface area contributed by atoms with Gasteiger partial charge in [-0.2, -0.15) is 0 Å². The standard InChI is InChI=1S/C17H25ClN4S/c1-3-4-5-6-10-19-16-20-13(2)12-22(16)17(23)21-15-9-7-8-14(18)11-15/h7-9,11,13H,3-6,10,12H2,1-2H3,(H,19,20)(H,21,23). The number of hydrogen-bond acceptors (Lipinski definition) is 2. The summed E-state index contributed by atoms with van der Waals surface area (Å²) in [5.41, 5.74) is 0.893. The summed E-state index contributed by atoms with van der Waals surface area (Å²) in [6.07, 6.45) is 4.86. The molecule has 0 spiro atoms. The number of benzene rings is 1. The number of halogens is 1. The molecule has 1 aliphatic rings. The van der Waals surface area contributed by atoms with Gasteiger partial charge in [-0.1, -0.05) is 43.9 Å². The molecule has 1 aliphatic heterocycles. The van der Waals surface area contributed by atoms with Gasteiger partial charge < -0.3 is 10.6 Å². The summed E-state index contributed by atoms with van der Waals surface area (Å²) in [7, 11) is 0. The van der Waals surface area contributed by atoms with Crippen LogP contribution in [-0.4, -0.2) is 35.1 Å². The number of nitrogens with zero attached hydrogens (tertiary/aromatic N) is 2. The number of anilines is 1. The Hall–Kier alpha value is -1.33. The molecule has 1 atom stereocenters. The zero-order valence-corrected chi connectivity index (χ0v) is 15.4. The summed E-state index contributed by atoms with van der Waals surface area (Å²) in [4.78, 5) is 6.71. The van der Waals surface area contributed by atoms with Crippen molar-refractivity contribution in [1.29, 1.82) is 0 Å². The molecule has 1 aromatic rings. The zero-order chi connectivity index (χ0) is 16.7. The maximum Gasteiger partial charge on any atom is 0.200 e. The molecule has 23 heavy (non-hydrogen) atoms. The summed E-state index contributed by atoms with van der Waals surface area (Å²) in [5.74, 6) is 0.869. The van der Waals surface area contributed by atoms with Gasteiger partial charge in [0.05, 0.1) is 0 Å². The normalized spacial score (nSPS) is 19.0. The molecule has 0 aromatic heterocycles. The summed E-state index contributed by atoms with van der Waals surface area (Å²) in [5, 5.41) is 7.97. The van der Waals surface area contributed by atoms with Crippen molar-refractivity contribution in [3.05, 3.63) is 29.3 Å². The van der Waals surface area contributed by atoms with E-state index in [-0.39, 0.29) is 0 Å². The van der Waals surface area contributed by atoms with Crippen LogP contribution in [0.3, 0.4) is 0 Å². The third kappa shape index (κ3) is 5.66. The van der Waals surface area contributed by atoms with Crippen LogP contribution in [0.25, 0.3) is 0 Å². The van der Waals surface area contributed by atoms with Gasteiger partial charge in [-0.05, 0) is 43.8 Å². The van der Waals surface area contributed by atoms with Gasteiger partial charge in [-0.3, -0.25) is 9.89 Å². The van der Waals surface area contributed by atoms with Gasteiger partial charge in [0, 0.05) is 29.8 Å². The first kappa shape index (κ1) is 18.0. The second-order valence-electron chi connectivity index (χ2n) is 5.86. The quantitative estimate of drug-likeness (QED) is 0.592. The second kappa shape index (κ2) is 9.08. The van der Waals surface area contributed by atoms with Crippen molar-refractivity contribution in [2.45, 2.75) is 45.6 Å². The number of nitrogens with one attached hydrogen (secondary N) is 2. The first-order chi connectivity index (χ1) is 11.1. The van der Waals surface area contributed by atoms with Crippen LogP contribution in [0.2, 0.25) is 5.02 Å². The maximum atomic E-state index is 6.02. The minimum absolute atomic E-state index is 0.337. The van der Waals surface area contributed by atoms with Crippen LogP contribution in [0, 0.1) is 0 Å². The minimum Gasteiger partial charge on any atom is -0.352 e. The fourth-order valence-electron chi connectivity index (χ4n) is 2.50. The van der Waals surface area contributed by atoms with Crippen molar-refractivity contribution >= 4 is 40.6 Å². The molecular weight excluding hydrogens is 328 g/mol. The van der Waals surface area contributed by atoms with Crippen molar-refractivity contribution < 1.29 is 0 Å². The molecule has 0 radical (unpaired) electrons. The summed E-state index contributed by atoms with van der Waals surface area (Å²) in [6, 6.07) is 7.90. The van der Waals surface area contributed by atoms with Crippen molar-refractivity contribution in [2.75, 3.05) is 18.4 Å². The Balaban J connectivity index is 1.95. The van der Waals surface area contributed by atoms with Gasteiger partial charge in [-0.15, -0.1) is 0 Å². The number of aliphatic imine (C=N–C) groups is 1. The van der Waals surface area contributed by atoms with Gasteiger partial charge in [0.1, 0.15) is 0 Å². The molecule has 1 heterocycles. The highest BCUT2D eigenvalue weighted by Crippen LogP contribution is 2.16. The van der Waals surface area contributed by atoms with E-state index in [0.717, 1.165) is 31.2 Å². The van der Waals surface area contributed by atoms with E-state index in [0.29, 0.717) is 16.2 Å². The van der Waals surface area contributed by atoms with E-state index in [4.69, 9.17) is 23.8 Å². The predicted octanol–water partition coefficient (Wildman–Crippen LogP) is 4.27. The second-order valence-corrected chi connectivity index (χ2v) is 6.69.